The molecule has 1 heterocycles. The lowest BCUT2D eigenvalue weighted by Crippen LogP contribution is -2.50. The first-order chi connectivity index (χ1) is 9.49. The van der Waals surface area contributed by atoms with Gasteiger partial charge in [-0.25, -0.2) is 9.59 Å². The first-order valence-corrected chi connectivity index (χ1v) is 7.38. The van der Waals surface area contributed by atoms with E-state index >= 15 is 0 Å². The second-order valence-electron chi connectivity index (χ2n) is 5.42. The molecule has 0 aromatic carbocycles. The number of hydrogen-bond donors (Lipinski definition) is 3. The standard InChI is InChI=1S/C14H26N2O4/c1-4-9(3)12(13(17)18)16-14(19)15-8-10-6-7-20-11(10)5-2/h9-12H,4-8H2,1-3H3,(H,17,18)(H2,15,16,19). The summed E-state index contributed by atoms with van der Waals surface area (Å²) < 4.78 is 5.56. The normalized spacial score (nSPS) is 24.9. The van der Waals surface area contributed by atoms with Crippen molar-refractivity contribution in [2.45, 2.75) is 52.2 Å². The number of carbonyl (C=O) groups excluding carboxylic acids is 1. The number of amides is 2. The zero-order chi connectivity index (χ0) is 15.1. The van der Waals surface area contributed by atoms with Crippen molar-refractivity contribution < 1.29 is 19.4 Å². The van der Waals surface area contributed by atoms with Crippen LogP contribution in [0.4, 0.5) is 4.79 Å². The van der Waals surface area contributed by atoms with Gasteiger partial charge in [0.25, 0.3) is 0 Å². The Bertz CT molecular complexity index is 335. The molecule has 116 valence electrons. The van der Waals surface area contributed by atoms with Crippen molar-refractivity contribution in [3.63, 3.8) is 0 Å². The van der Waals surface area contributed by atoms with Gasteiger partial charge in [-0.3, -0.25) is 0 Å². The molecule has 0 bridgehead atoms. The third kappa shape index (κ3) is 4.67. The van der Waals surface area contributed by atoms with Crippen molar-refractivity contribution in [1.82, 2.24) is 10.6 Å². The highest BCUT2D eigenvalue weighted by Gasteiger charge is 2.28. The predicted molar refractivity (Wildman–Crippen MR) is 75.6 cm³/mol. The second kappa shape index (κ2) is 8.09. The van der Waals surface area contributed by atoms with E-state index < -0.39 is 18.0 Å². The minimum atomic E-state index is -0.995. The summed E-state index contributed by atoms with van der Waals surface area (Å²) in [7, 11) is 0. The van der Waals surface area contributed by atoms with Gasteiger partial charge in [-0.2, -0.15) is 0 Å². The van der Waals surface area contributed by atoms with E-state index in [4.69, 9.17) is 9.84 Å². The fourth-order valence-corrected chi connectivity index (χ4v) is 2.48. The van der Waals surface area contributed by atoms with Crippen LogP contribution >= 0.6 is 0 Å². The minimum Gasteiger partial charge on any atom is -0.480 e. The van der Waals surface area contributed by atoms with Crippen LogP contribution in [0.5, 0.6) is 0 Å². The molecule has 2 amide bonds. The van der Waals surface area contributed by atoms with Crippen LogP contribution in [0.3, 0.4) is 0 Å². The highest BCUT2D eigenvalue weighted by molar-refractivity contribution is 5.82. The van der Waals surface area contributed by atoms with Gasteiger partial charge in [-0.1, -0.05) is 27.2 Å². The lowest BCUT2D eigenvalue weighted by atomic mass is 9.99. The third-order valence-corrected chi connectivity index (χ3v) is 4.04. The van der Waals surface area contributed by atoms with Crippen molar-refractivity contribution >= 4 is 12.0 Å². The van der Waals surface area contributed by atoms with Gasteiger partial charge >= 0.3 is 12.0 Å². The van der Waals surface area contributed by atoms with Gasteiger partial charge in [-0.05, 0) is 18.8 Å². The molecule has 0 radical (unpaired) electrons. The molecule has 1 aliphatic rings. The van der Waals surface area contributed by atoms with Crippen molar-refractivity contribution in [1.29, 1.82) is 0 Å². The molecule has 0 aliphatic carbocycles. The van der Waals surface area contributed by atoms with Gasteiger partial charge < -0.3 is 20.5 Å². The van der Waals surface area contributed by atoms with E-state index in [0.29, 0.717) is 18.9 Å². The molecular weight excluding hydrogens is 260 g/mol. The molecule has 0 aromatic heterocycles. The van der Waals surface area contributed by atoms with E-state index in [1.54, 1.807) is 0 Å². The number of aliphatic carboxylic acids is 1. The second-order valence-corrected chi connectivity index (χ2v) is 5.42. The van der Waals surface area contributed by atoms with Gasteiger partial charge in [0.05, 0.1) is 6.10 Å². The molecule has 0 aromatic rings. The van der Waals surface area contributed by atoms with Crippen LogP contribution < -0.4 is 10.6 Å². The highest BCUT2D eigenvalue weighted by atomic mass is 16.5. The molecule has 1 saturated heterocycles. The molecule has 0 saturated carbocycles. The topological polar surface area (TPSA) is 87.7 Å². The average molecular weight is 286 g/mol. The number of carboxylic acids is 1. The quantitative estimate of drug-likeness (QED) is 0.663. The van der Waals surface area contributed by atoms with Crippen LogP contribution in [0.1, 0.15) is 40.0 Å². The summed E-state index contributed by atoms with van der Waals surface area (Å²) >= 11 is 0. The van der Waals surface area contributed by atoms with Gasteiger partial charge in [0.1, 0.15) is 6.04 Å². The zero-order valence-corrected chi connectivity index (χ0v) is 12.5. The minimum absolute atomic E-state index is 0.101. The van der Waals surface area contributed by atoms with E-state index in [9.17, 15) is 9.59 Å². The Labute approximate surface area is 120 Å². The summed E-state index contributed by atoms with van der Waals surface area (Å²) in [6, 6.07) is -1.26. The number of nitrogens with one attached hydrogen (secondary N) is 2. The van der Waals surface area contributed by atoms with E-state index in [2.05, 4.69) is 17.6 Å². The maximum atomic E-state index is 11.8. The summed E-state index contributed by atoms with van der Waals surface area (Å²) in [6.07, 6.45) is 2.76. The van der Waals surface area contributed by atoms with Crippen molar-refractivity contribution in [3.05, 3.63) is 0 Å². The zero-order valence-electron chi connectivity index (χ0n) is 12.5. The van der Waals surface area contributed by atoms with Crippen LogP contribution in [-0.4, -0.2) is 42.4 Å². The number of ether oxygens (including phenoxy) is 1. The van der Waals surface area contributed by atoms with Gasteiger partial charge in [-0.15, -0.1) is 0 Å². The smallest absolute Gasteiger partial charge is 0.326 e. The summed E-state index contributed by atoms with van der Waals surface area (Å²) in [5, 5.41) is 14.4. The Kier molecular flexibility index (Phi) is 6.78. The van der Waals surface area contributed by atoms with Crippen LogP contribution in [0, 0.1) is 11.8 Å². The number of carboxylic acid groups (broad SMARTS) is 1. The monoisotopic (exact) mass is 286 g/mol. The van der Waals surface area contributed by atoms with E-state index in [-0.39, 0.29) is 12.0 Å². The molecular formula is C14H26N2O4. The fraction of sp³-hybridized carbons (Fsp3) is 0.857. The maximum absolute atomic E-state index is 11.8. The van der Waals surface area contributed by atoms with Crippen LogP contribution in [-0.2, 0) is 9.53 Å². The van der Waals surface area contributed by atoms with Crippen LogP contribution in [0.2, 0.25) is 0 Å². The van der Waals surface area contributed by atoms with E-state index in [1.807, 2.05) is 13.8 Å². The van der Waals surface area contributed by atoms with Gasteiger partial charge in [0.2, 0.25) is 0 Å². The average Bonchev–Trinajstić information content (AvgIpc) is 2.88. The summed E-state index contributed by atoms with van der Waals surface area (Å²) in [5.74, 6) is -0.779. The Morgan fingerprint density at radius 1 is 1.40 bits per heavy atom. The highest BCUT2D eigenvalue weighted by Crippen LogP contribution is 2.22. The lowest BCUT2D eigenvalue weighted by Gasteiger charge is -2.22. The third-order valence-electron chi connectivity index (χ3n) is 4.04. The Hall–Kier alpha value is -1.30. The molecule has 4 unspecified atom stereocenters. The van der Waals surface area contributed by atoms with Crippen LogP contribution in [0.15, 0.2) is 0 Å². The van der Waals surface area contributed by atoms with Crippen molar-refractivity contribution in [3.8, 4) is 0 Å². The molecule has 1 fully saturated rings. The first kappa shape index (κ1) is 16.8. The van der Waals surface area contributed by atoms with Crippen molar-refractivity contribution in [2.24, 2.45) is 11.8 Å². The lowest BCUT2D eigenvalue weighted by molar-refractivity contribution is -0.140. The molecule has 0 spiro atoms. The molecule has 6 heteroatoms. The van der Waals surface area contributed by atoms with Gasteiger partial charge in [0.15, 0.2) is 0 Å². The molecule has 3 N–H and O–H groups in total. The number of urea groups is 1. The number of carbonyl (C=O) groups is 2. The molecule has 1 aliphatic heterocycles. The Balaban J connectivity index is 2.40. The maximum Gasteiger partial charge on any atom is 0.326 e. The van der Waals surface area contributed by atoms with Gasteiger partial charge in [0, 0.05) is 19.1 Å². The fourth-order valence-electron chi connectivity index (χ4n) is 2.48. The largest absolute Gasteiger partial charge is 0.480 e. The predicted octanol–water partition coefficient (Wildman–Crippen LogP) is 1.60. The molecule has 6 nitrogen and oxygen atoms in total. The number of hydrogen-bond acceptors (Lipinski definition) is 3. The first-order valence-electron chi connectivity index (χ1n) is 7.38. The van der Waals surface area contributed by atoms with E-state index in [0.717, 1.165) is 19.4 Å². The van der Waals surface area contributed by atoms with Crippen LogP contribution in [0.25, 0.3) is 0 Å². The Morgan fingerprint density at radius 3 is 2.65 bits per heavy atom. The Morgan fingerprint density at radius 2 is 2.10 bits per heavy atom. The molecule has 1 rings (SSSR count). The summed E-state index contributed by atoms with van der Waals surface area (Å²) in [6.45, 7) is 7.04. The summed E-state index contributed by atoms with van der Waals surface area (Å²) in [4.78, 5) is 22.9. The molecule has 4 atom stereocenters. The van der Waals surface area contributed by atoms with Crippen molar-refractivity contribution in [2.75, 3.05) is 13.2 Å². The van der Waals surface area contributed by atoms with E-state index in [1.165, 1.54) is 0 Å². The SMILES string of the molecule is CCC(C)C(NC(=O)NCC1CCOC1CC)C(=O)O. The molecule has 20 heavy (non-hydrogen) atoms. The number of rotatable bonds is 7. The summed E-state index contributed by atoms with van der Waals surface area (Å²) in [5.41, 5.74) is 0.